The van der Waals surface area contributed by atoms with E-state index < -0.39 is 29.0 Å². The number of carbonyl (C=O) groups excluding carboxylic acids is 3. The fourth-order valence-electron chi connectivity index (χ4n) is 3.97. The Balaban J connectivity index is 2.06. The summed E-state index contributed by atoms with van der Waals surface area (Å²) in [6, 6.07) is 3.73. The molecule has 2 heterocycles. The monoisotopic (exact) mass is 433 g/mol. The van der Waals surface area contributed by atoms with E-state index in [1.54, 1.807) is 20.8 Å². The molecule has 1 aliphatic rings. The Morgan fingerprint density at radius 3 is 2.50 bits per heavy atom. The van der Waals surface area contributed by atoms with Crippen molar-refractivity contribution in [2.75, 3.05) is 5.32 Å². The summed E-state index contributed by atoms with van der Waals surface area (Å²) in [5.41, 5.74) is 1.66. The second-order valence-electron chi connectivity index (χ2n) is 8.48. The van der Waals surface area contributed by atoms with Crippen molar-refractivity contribution in [2.45, 2.75) is 59.0 Å². The molecule has 0 atom stereocenters. The molecule has 0 aliphatic carbocycles. The van der Waals surface area contributed by atoms with E-state index in [-0.39, 0.29) is 16.6 Å². The average Bonchev–Trinajstić information content (AvgIpc) is 3.10. The van der Waals surface area contributed by atoms with Gasteiger partial charge in [-0.1, -0.05) is 11.6 Å². The predicted molar refractivity (Wildman–Crippen MR) is 114 cm³/mol. The number of halogens is 2. The molecule has 1 aromatic carbocycles. The van der Waals surface area contributed by atoms with Crippen LogP contribution in [-0.4, -0.2) is 28.2 Å². The lowest BCUT2D eigenvalue weighted by Gasteiger charge is -2.24. The molecule has 1 aliphatic heterocycles. The van der Waals surface area contributed by atoms with Gasteiger partial charge in [0.1, 0.15) is 11.5 Å². The lowest BCUT2D eigenvalue weighted by Crippen LogP contribution is -2.36. The van der Waals surface area contributed by atoms with Crippen LogP contribution in [0.25, 0.3) is 0 Å². The van der Waals surface area contributed by atoms with Gasteiger partial charge < -0.3 is 15.2 Å². The van der Waals surface area contributed by atoms with Crippen LogP contribution in [-0.2, 0) is 16.8 Å². The third-order valence-electron chi connectivity index (χ3n) is 5.34. The molecule has 30 heavy (non-hydrogen) atoms. The molecule has 0 spiro atoms. The second-order valence-corrected chi connectivity index (χ2v) is 8.89. The van der Waals surface area contributed by atoms with Gasteiger partial charge in [0.2, 0.25) is 0 Å². The topological polar surface area (TPSA) is 80.2 Å². The third kappa shape index (κ3) is 3.86. The van der Waals surface area contributed by atoms with Gasteiger partial charge in [0.25, 0.3) is 17.6 Å². The minimum absolute atomic E-state index is 0.105. The maximum atomic E-state index is 13.4. The van der Waals surface area contributed by atoms with E-state index >= 15 is 0 Å². The van der Waals surface area contributed by atoms with Gasteiger partial charge in [-0.25, -0.2) is 4.39 Å². The van der Waals surface area contributed by atoms with Crippen molar-refractivity contribution in [1.82, 2.24) is 9.88 Å². The zero-order valence-corrected chi connectivity index (χ0v) is 18.4. The average molecular weight is 434 g/mol. The lowest BCUT2D eigenvalue weighted by molar-refractivity contribution is -0.117. The fourth-order valence-corrected chi connectivity index (χ4v) is 4.15. The summed E-state index contributed by atoms with van der Waals surface area (Å²) in [5, 5.41) is 5.24. The van der Waals surface area contributed by atoms with Crippen molar-refractivity contribution in [3.05, 3.63) is 51.6 Å². The van der Waals surface area contributed by atoms with Gasteiger partial charge in [-0.15, -0.1) is 0 Å². The van der Waals surface area contributed by atoms with Gasteiger partial charge in [-0.05, 0) is 71.2 Å². The highest BCUT2D eigenvalue weighted by Gasteiger charge is 2.40. The van der Waals surface area contributed by atoms with E-state index in [1.807, 2.05) is 18.4 Å². The van der Waals surface area contributed by atoms with E-state index in [0.717, 1.165) is 6.42 Å². The number of ketones is 1. The van der Waals surface area contributed by atoms with Gasteiger partial charge in [-0.2, -0.15) is 0 Å². The molecular weight excluding hydrogens is 409 g/mol. The van der Waals surface area contributed by atoms with Crippen molar-refractivity contribution in [3.8, 4) is 0 Å². The number of nitrogens with one attached hydrogen (secondary N) is 2. The van der Waals surface area contributed by atoms with Crippen LogP contribution >= 0.6 is 11.6 Å². The summed E-state index contributed by atoms with van der Waals surface area (Å²) in [4.78, 5) is 38.5. The van der Waals surface area contributed by atoms with Crippen LogP contribution in [0.5, 0.6) is 0 Å². The zero-order valence-electron chi connectivity index (χ0n) is 17.7. The van der Waals surface area contributed by atoms with Crippen molar-refractivity contribution < 1.29 is 18.8 Å². The molecule has 0 saturated heterocycles. The first-order chi connectivity index (χ1) is 13.9. The predicted octanol–water partition coefficient (Wildman–Crippen LogP) is 4.23. The number of aromatic nitrogens is 1. The molecule has 6 nitrogen and oxygen atoms in total. The van der Waals surface area contributed by atoms with Crippen molar-refractivity contribution in [2.24, 2.45) is 0 Å². The highest BCUT2D eigenvalue weighted by atomic mass is 35.5. The van der Waals surface area contributed by atoms with Crippen LogP contribution in [0.1, 0.15) is 66.2 Å². The fraction of sp³-hybridized carbons (Fsp3) is 0.409. The Hall–Kier alpha value is -2.67. The molecule has 160 valence electrons. The summed E-state index contributed by atoms with van der Waals surface area (Å²) >= 11 is 5.82. The first-order valence-corrected chi connectivity index (χ1v) is 10.2. The van der Waals surface area contributed by atoms with Crippen LogP contribution < -0.4 is 10.6 Å². The number of carbonyl (C=O) groups is 3. The summed E-state index contributed by atoms with van der Waals surface area (Å²) in [5.74, 6) is -2.37. The van der Waals surface area contributed by atoms with E-state index in [9.17, 15) is 18.8 Å². The minimum Gasteiger partial charge on any atom is -0.347 e. The third-order valence-corrected chi connectivity index (χ3v) is 5.63. The highest BCUT2D eigenvalue weighted by Crippen LogP contribution is 2.39. The minimum atomic E-state index is -0.691. The quantitative estimate of drug-likeness (QED) is 0.547. The van der Waals surface area contributed by atoms with Crippen LogP contribution in [0.4, 0.5) is 10.1 Å². The number of benzene rings is 1. The molecule has 8 heteroatoms. The van der Waals surface area contributed by atoms with Crippen LogP contribution in [0, 0.1) is 12.7 Å². The van der Waals surface area contributed by atoms with Gasteiger partial charge in [0.05, 0.1) is 10.6 Å². The van der Waals surface area contributed by atoms with Crippen molar-refractivity contribution in [1.29, 1.82) is 0 Å². The van der Waals surface area contributed by atoms with E-state index in [4.69, 9.17) is 11.6 Å². The molecule has 1 aromatic heterocycles. The molecule has 0 bridgehead atoms. The van der Waals surface area contributed by atoms with E-state index in [2.05, 4.69) is 10.6 Å². The van der Waals surface area contributed by atoms with Crippen LogP contribution in [0.3, 0.4) is 0 Å². The number of nitrogens with zero attached hydrogens (tertiary/aromatic N) is 1. The highest BCUT2D eigenvalue weighted by molar-refractivity contribution is 6.43. The Bertz CT molecular complexity index is 1060. The Kier molecular flexibility index (Phi) is 5.78. The van der Waals surface area contributed by atoms with Gasteiger partial charge >= 0.3 is 0 Å². The summed E-state index contributed by atoms with van der Waals surface area (Å²) in [6.45, 7) is 9.19. The summed E-state index contributed by atoms with van der Waals surface area (Å²) < 4.78 is 15.3. The number of amides is 2. The molecule has 0 fully saturated rings. The number of fused-ring (bicyclic) bond motifs is 1. The molecule has 0 radical (unpaired) electrons. The SMILES string of the molecule is Cc1c(C(=O)C(=O)NC(C)C)c2n(c1C(=O)Nc1ccc(F)c(Cl)c1)C(C)(C)CC2. The Labute approximate surface area is 179 Å². The van der Waals surface area contributed by atoms with Gasteiger partial charge in [0.15, 0.2) is 0 Å². The maximum Gasteiger partial charge on any atom is 0.292 e. The summed E-state index contributed by atoms with van der Waals surface area (Å²) in [6.07, 6.45) is 1.32. The van der Waals surface area contributed by atoms with Crippen molar-refractivity contribution in [3.63, 3.8) is 0 Å². The smallest absolute Gasteiger partial charge is 0.292 e. The molecule has 2 N–H and O–H groups in total. The molecule has 3 rings (SSSR count). The number of hydrogen-bond acceptors (Lipinski definition) is 3. The maximum absolute atomic E-state index is 13.4. The standard InChI is InChI=1S/C22H25ClFN3O3/c1-11(2)25-21(30)19(28)17-12(3)18(27-16(17)8-9-22(27,4)5)20(29)26-13-6-7-15(24)14(23)10-13/h6-7,10-11H,8-9H2,1-5H3,(H,25,30)(H,26,29). The van der Waals surface area contributed by atoms with Gasteiger partial charge in [-0.3, -0.25) is 14.4 Å². The first kappa shape index (κ1) is 22.0. The molecule has 2 amide bonds. The van der Waals surface area contributed by atoms with E-state index in [1.165, 1.54) is 18.2 Å². The van der Waals surface area contributed by atoms with Crippen LogP contribution in [0.2, 0.25) is 5.02 Å². The normalized spacial score (nSPS) is 14.5. The van der Waals surface area contributed by atoms with E-state index in [0.29, 0.717) is 29.1 Å². The lowest BCUT2D eigenvalue weighted by atomic mass is 9.97. The second kappa shape index (κ2) is 7.87. The molecular formula is C22H25ClFN3O3. The summed E-state index contributed by atoms with van der Waals surface area (Å²) in [7, 11) is 0. The molecule has 2 aromatic rings. The Morgan fingerprint density at radius 1 is 1.23 bits per heavy atom. The largest absolute Gasteiger partial charge is 0.347 e. The molecule has 0 saturated carbocycles. The van der Waals surface area contributed by atoms with Crippen molar-refractivity contribution >= 4 is 34.9 Å². The van der Waals surface area contributed by atoms with Crippen LogP contribution in [0.15, 0.2) is 18.2 Å². The number of rotatable bonds is 5. The Morgan fingerprint density at radius 2 is 1.90 bits per heavy atom. The number of anilines is 1. The number of Topliss-reactive ketones (excluding diaryl/α,β-unsaturated/α-hetero) is 1. The first-order valence-electron chi connectivity index (χ1n) is 9.80. The van der Waals surface area contributed by atoms with Gasteiger partial charge in [0, 0.05) is 23.0 Å². The molecule has 0 unspecified atom stereocenters. The zero-order chi connectivity index (χ0) is 22.4. The number of hydrogen-bond donors (Lipinski definition) is 2.